The molecule has 0 aliphatic carbocycles. The first kappa shape index (κ1) is 34.3. The molecule has 0 atom stereocenters. The summed E-state index contributed by atoms with van der Waals surface area (Å²) in [5.74, 6) is 0.700. The average molecular weight is 784 g/mol. The van der Waals surface area contributed by atoms with Crippen molar-refractivity contribution in [3.8, 4) is 67.4 Å². The van der Waals surface area contributed by atoms with Crippen molar-refractivity contribution in [2.24, 2.45) is 0 Å². The lowest BCUT2D eigenvalue weighted by Crippen LogP contribution is -1.96. The molecule has 0 aliphatic heterocycles. The van der Waals surface area contributed by atoms with E-state index in [1.807, 2.05) is 59.9 Å². The van der Waals surface area contributed by atoms with Gasteiger partial charge in [-0.05, 0) is 47.0 Å². The molecule has 8 aromatic carbocycles. The van der Waals surface area contributed by atoms with E-state index in [9.17, 15) is 0 Å². The van der Waals surface area contributed by atoms with Crippen LogP contribution in [0.1, 0.15) is 0 Å². The van der Waals surface area contributed by atoms with Gasteiger partial charge in [0.1, 0.15) is 11.2 Å². The summed E-state index contributed by atoms with van der Waals surface area (Å²) < 4.78 is 9.01. The summed E-state index contributed by atoms with van der Waals surface area (Å²) in [6, 6.07) is 70.1. The van der Waals surface area contributed by atoms with Crippen LogP contribution in [0.2, 0.25) is 0 Å². The Kier molecular flexibility index (Phi) is 8.00. The standard InChI is InChI=1S/C55H33N3OS/c1-3-13-35(14-4-1)45-33-46(58-55(57-45)39-15-5-2-6-16-39)36-25-23-34(24-26-36)40-31-32-48-51(42-18-8-11-21-47(42)59-48)50(40)37-27-29-38(30-28-37)53-52-43-19-9-12-22-49(43)60-54(52)41-17-7-10-20-44(41)56-53/h1-33H. The van der Waals surface area contributed by atoms with Gasteiger partial charge in [-0.1, -0.05) is 170 Å². The molecule has 280 valence electrons. The second-order valence-electron chi connectivity index (χ2n) is 15.1. The molecule has 4 aromatic heterocycles. The molecule has 4 heterocycles. The largest absolute Gasteiger partial charge is 0.456 e. The second-order valence-corrected chi connectivity index (χ2v) is 16.1. The summed E-state index contributed by atoms with van der Waals surface area (Å²) in [6.45, 7) is 0. The number of aromatic nitrogens is 3. The third-order valence-corrected chi connectivity index (χ3v) is 12.7. The molecule has 60 heavy (non-hydrogen) atoms. The van der Waals surface area contributed by atoms with E-state index in [1.54, 1.807) is 0 Å². The number of benzene rings is 8. The third kappa shape index (κ3) is 5.70. The fourth-order valence-corrected chi connectivity index (χ4v) is 9.90. The molecule has 12 rings (SSSR count). The molecule has 0 radical (unpaired) electrons. The first-order chi connectivity index (χ1) is 29.7. The summed E-state index contributed by atoms with van der Waals surface area (Å²) in [7, 11) is 0. The zero-order valence-corrected chi connectivity index (χ0v) is 33.0. The van der Waals surface area contributed by atoms with E-state index in [1.165, 1.54) is 25.6 Å². The van der Waals surface area contributed by atoms with Gasteiger partial charge in [0.25, 0.3) is 0 Å². The highest BCUT2D eigenvalue weighted by atomic mass is 32.1. The van der Waals surface area contributed by atoms with Gasteiger partial charge in [-0.15, -0.1) is 11.3 Å². The van der Waals surface area contributed by atoms with Crippen LogP contribution >= 0.6 is 11.3 Å². The van der Waals surface area contributed by atoms with Crippen LogP contribution in [-0.2, 0) is 0 Å². The van der Waals surface area contributed by atoms with Crippen molar-refractivity contribution in [3.05, 3.63) is 200 Å². The Labute approximate surface area is 349 Å². The highest BCUT2D eigenvalue weighted by Gasteiger charge is 2.20. The number of thiophene rings is 1. The lowest BCUT2D eigenvalue weighted by Gasteiger charge is -2.14. The fourth-order valence-electron chi connectivity index (χ4n) is 8.66. The minimum absolute atomic E-state index is 0.700. The zero-order chi connectivity index (χ0) is 39.6. The quantitative estimate of drug-likeness (QED) is 0.169. The van der Waals surface area contributed by atoms with Crippen LogP contribution in [0.4, 0.5) is 0 Å². The van der Waals surface area contributed by atoms with Gasteiger partial charge in [0.15, 0.2) is 5.82 Å². The van der Waals surface area contributed by atoms with Crippen LogP contribution in [0.15, 0.2) is 205 Å². The first-order valence-corrected chi connectivity index (χ1v) is 20.9. The maximum absolute atomic E-state index is 6.47. The highest BCUT2D eigenvalue weighted by molar-refractivity contribution is 7.26. The summed E-state index contributed by atoms with van der Waals surface area (Å²) in [6.07, 6.45) is 0. The molecule has 0 N–H and O–H groups in total. The van der Waals surface area contributed by atoms with Gasteiger partial charge in [0.2, 0.25) is 0 Å². The number of para-hydroxylation sites is 2. The Bertz CT molecular complexity index is 3520. The van der Waals surface area contributed by atoms with Crippen molar-refractivity contribution >= 4 is 64.4 Å². The summed E-state index contributed by atoms with van der Waals surface area (Å²) in [5, 5.41) is 5.84. The number of rotatable bonds is 6. The molecule has 0 spiro atoms. The molecule has 0 fully saturated rings. The number of hydrogen-bond donors (Lipinski definition) is 0. The van der Waals surface area contributed by atoms with Crippen LogP contribution in [0, 0.1) is 0 Å². The van der Waals surface area contributed by atoms with Crippen molar-refractivity contribution < 1.29 is 4.42 Å². The van der Waals surface area contributed by atoms with Crippen LogP contribution in [0.3, 0.4) is 0 Å². The van der Waals surface area contributed by atoms with E-state index >= 15 is 0 Å². The third-order valence-electron chi connectivity index (χ3n) is 11.5. The second kappa shape index (κ2) is 14.0. The van der Waals surface area contributed by atoms with Gasteiger partial charge < -0.3 is 4.42 Å². The molecule has 12 aromatic rings. The van der Waals surface area contributed by atoms with E-state index in [-0.39, 0.29) is 0 Å². The first-order valence-electron chi connectivity index (χ1n) is 20.1. The van der Waals surface area contributed by atoms with Gasteiger partial charge in [-0.3, -0.25) is 0 Å². The molecular weight excluding hydrogens is 751 g/mol. The molecule has 0 saturated carbocycles. The van der Waals surface area contributed by atoms with Gasteiger partial charge in [0.05, 0.1) is 22.6 Å². The van der Waals surface area contributed by atoms with E-state index in [0.717, 1.165) is 89.0 Å². The molecule has 0 aliphatic rings. The monoisotopic (exact) mass is 783 g/mol. The Balaban J connectivity index is 1.00. The van der Waals surface area contributed by atoms with Crippen molar-refractivity contribution in [1.82, 2.24) is 15.0 Å². The molecule has 0 bridgehead atoms. The Morgan fingerprint density at radius 1 is 0.383 bits per heavy atom. The summed E-state index contributed by atoms with van der Waals surface area (Å²) >= 11 is 1.84. The smallest absolute Gasteiger partial charge is 0.160 e. The summed E-state index contributed by atoms with van der Waals surface area (Å²) in [4.78, 5) is 15.4. The molecular formula is C55H33N3OS. The minimum atomic E-state index is 0.700. The SMILES string of the molecule is c1ccc(-c2cc(-c3ccc(-c4ccc5oc6ccccc6c5c4-c4ccc(-c5nc6ccccc6c6sc7ccccc7c56)cc4)cc3)nc(-c3ccccc3)n2)cc1. The Hall–Kier alpha value is -7.73. The normalized spacial score (nSPS) is 11.7. The van der Waals surface area contributed by atoms with E-state index in [2.05, 4.69) is 152 Å². The van der Waals surface area contributed by atoms with Crippen LogP contribution in [-0.4, -0.2) is 15.0 Å². The number of nitrogens with zero attached hydrogens (tertiary/aromatic N) is 3. The number of furan rings is 1. The van der Waals surface area contributed by atoms with Crippen LogP contribution in [0.5, 0.6) is 0 Å². The lowest BCUT2D eigenvalue weighted by molar-refractivity contribution is 0.669. The Morgan fingerprint density at radius 3 is 1.73 bits per heavy atom. The predicted molar refractivity (Wildman–Crippen MR) is 250 cm³/mol. The van der Waals surface area contributed by atoms with E-state index in [0.29, 0.717) is 5.82 Å². The van der Waals surface area contributed by atoms with Crippen molar-refractivity contribution in [2.45, 2.75) is 0 Å². The van der Waals surface area contributed by atoms with Crippen LogP contribution in [0.25, 0.3) is 120 Å². The topological polar surface area (TPSA) is 51.8 Å². The van der Waals surface area contributed by atoms with Crippen molar-refractivity contribution in [3.63, 3.8) is 0 Å². The number of hydrogen-bond acceptors (Lipinski definition) is 5. The Morgan fingerprint density at radius 2 is 0.967 bits per heavy atom. The van der Waals surface area contributed by atoms with Gasteiger partial charge in [-0.25, -0.2) is 15.0 Å². The number of pyridine rings is 1. The maximum Gasteiger partial charge on any atom is 0.160 e. The number of fused-ring (bicyclic) bond motifs is 8. The van der Waals surface area contributed by atoms with Crippen LogP contribution < -0.4 is 0 Å². The summed E-state index contributed by atoms with van der Waals surface area (Å²) in [5.41, 5.74) is 14.1. The van der Waals surface area contributed by atoms with E-state index in [4.69, 9.17) is 19.4 Å². The molecule has 5 heteroatoms. The van der Waals surface area contributed by atoms with E-state index < -0.39 is 0 Å². The maximum atomic E-state index is 6.47. The average Bonchev–Trinajstić information content (AvgIpc) is 3.91. The molecule has 4 nitrogen and oxygen atoms in total. The minimum Gasteiger partial charge on any atom is -0.456 e. The lowest BCUT2D eigenvalue weighted by atomic mass is 9.89. The molecule has 0 amide bonds. The van der Waals surface area contributed by atoms with Gasteiger partial charge >= 0.3 is 0 Å². The molecule has 0 unspecified atom stereocenters. The zero-order valence-electron chi connectivity index (χ0n) is 32.2. The van der Waals surface area contributed by atoms with Crippen molar-refractivity contribution in [1.29, 1.82) is 0 Å². The molecule has 0 saturated heterocycles. The van der Waals surface area contributed by atoms with Crippen molar-refractivity contribution in [2.75, 3.05) is 0 Å². The predicted octanol–water partition coefficient (Wildman–Crippen LogP) is 15.3. The van der Waals surface area contributed by atoms with Gasteiger partial charge in [0, 0.05) is 64.1 Å². The highest BCUT2D eigenvalue weighted by Crippen LogP contribution is 2.46. The fraction of sp³-hybridized carbons (Fsp3) is 0. The van der Waals surface area contributed by atoms with Gasteiger partial charge in [-0.2, -0.15) is 0 Å².